The van der Waals surface area contributed by atoms with Crippen molar-refractivity contribution in [1.29, 1.82) is 0 Å². The first-order valence-corrected chi connectivity index (χ1v) is 9.18. The van der Waals surface area contributed by atoms with Crippen molar-refractivity contribution in [2.45, 2.75) is 6.54 Å². The van der Waals surface area contributed by atoms with Gasteiger partial charge < -0.3 is 10.4 Å². The molecule has 1 heterocycles. The molecule has 0 aliphatic carbocycles. The molecule has 24 heavy (non-hydrogen) atoms. The quantitative estimate of drug-likeness (QED) is 0.315. The highest BCUT2D eigenvalue weighted by atomic mass is 127. The molecule has 0 radical (unpaired) electrons. The molecule has 122 valence electrons. The molecule has 0 bridgehead atoms. The molecular weight excluding hydrogens is 534 g/mol. The van der Waals surface area contributed by atoms with E-state index in [9.17, 15) is 14.7 Å². The van der Waals surface area contributed by atoms with Gasteiger partial charge in [-0.3, -0.25) is 14.9 Å². The van der Waals surface area contributed by atoms with Crippen LogP contribution in [-0.2, 0) is 11.3 Å². The monoisotopic (exact) mass is 546 g/mol. The number of fused-ring (bicyclic) bond motifs is 1. The average Bonchev–Trinajstić information content (AvgIpc) is 2.53. The molecule has 0 atom stereocenters. The molecule has 0 saturated carbocycles. The second kappa shape index (κ2) is 7.09. The van der Waals surface area contributed by atoms with Crippen LogP contribution in [0.15, 0.2) is 42.6 Å². The minimum atomic E-state index is -0.424. The first kappa shape index (κ1) is 17.2. The van der Waals surface area contributed by atoms with Crippen LogP contribution < -0.4 is 10.6 Å². The van der Waals surface area contributed by atoms with Crippen molar-refractivity contribution < 1.29 is 14.7 Å². The molecule has 1 aliphatic heterocycles. The zero-order valence-electron chi connectivity index (χ0n) is 12.3. The van der Waals surface area contributed by atoms with Gasteiger partial charge in [-0.2, -0.15) is 0 Å². The number of rotatable bonds is 3. The van der Waals surface area contributed by atoms with Crippen molar-refractivity contribution in [2.75, 3.05) is 0 Å². The van der Waals surface area contributed by atoms with Crippen LogP contribution in [0.1, 0.15) is 21.5 Å². The van der Waals surface area contributed by atoms with Gasteiger partial charge in [-0.25, -0.2) is 0 Å². The summed E-state index contributed by atoms with van der Waals surface area (Å²) in [7, 11) is 0. The zero-order chi connectivity index (χ0) is 17.3. The Morgan fingerprint density at radius 3 is 2.58 bits per heavy atom. The summed E-state index contributed by atoms with van der Waals surface area (Å²) < 4.78 is 1.73. The number of amides is 2. The van der Waals surface area contributed by atoms with Crippen molar-refractivity contribution >= 4 is 62.6 Å². The Morgan fingerprint density at radius 1 is 1.04 bits per heavy atom. The van der Waals surface area contributed by atoms with E-state index in [2.05, 4.69) is 55.8 Å². The topological polar surface area (TPSA) is 78.4 Å². The molecule has 2 amide bonds. The highest BCUT2D eigenvalue weighted by Gasteiger charge is 2.27. The van der Waals surface area contributed by atoms with Gasteiger partial charge in [0.1, 0.15) is 5.75 Å². The third-order valence-electron chi connectivity index (χ3n) is 3.55. The lowest BCUT2D eigenvalue weighted by molar-refractivity contribution is -0.114. The number of hydrogen-bond acceptors (Lipinski definition) is 4. The predicted octanol–water partition coefficient (Wildman–Crippen LogP) is 3.00. The number of carbonyl (C=O) groups excluding carboxylic acids is 2. The summed E-state index contributed by atoms with van der Waals surface area (Å²) in [5.74, 6) is -0.581. The second-order valence-corrected chi connectivity index (χ2v) is 7.61. The number of aromatic hydroxyl groups is 1. The number of imide groups is 1. The molecule has 0 unspecified atom stereocenters. The van der Waals surface area contributed by atoms with E-state index in [0.29, 0.717) is 23.2 Å². The van der Waals surface area contributed by atoms with Gasteiger partial charge in [0.25, 0.3) is 11.8 Å². The summed E-state index contributed by atoms with van der Waals surface area (Å²) in [6.45, 7) is 0.453. The fourth-order valence-corrected chi connectivity index (χ4v) is 3.21. The van der Waals surface area contributed by atoms with Gasteiger partial charge in [-0.15, -0.1) is 0 Å². The van der Waals surface area contributed by atoms with Crippen molar-refractivity contribution in [3.8, 4) is 5.75 Å². The number of hydrogen-bond donors (Lipinski definition) is 3. The maximum atomic E-state index is 12.1. The zero-order valence-corrected chi connectivity index (χ0v) is 16.6. The minimum Gasteiger partial charge on any atom is -0.507 e. The summed E-state index contributed by atoms with van der Waals surface area (Å²) >= 11 is 4.20. The predicted molar refractivity (Wildman–Crippen MR) is 107 cm³/mol. The molecule has 3 N–H and O–H groups in total. The molecule has 1 aliphatic rings. The number of phenols is 1. The second-order valence-electron chi connectivity index (χ2n) is 5.20. The summed E-state index contributed by atoms with van der Waals surface area (Å²) in [5.41, 5.74) is 2.40. The number of nitrogens with one attached hydrogen (secondary N) is 2. The minimum absolute atomic E-state index is 0.225. The van der Waals surface area contributed by atoms with Gasteiger partial charge in [0.2, 0.25) is 0 Å². The van der Waals surface area contributed by atoms with E-state index in [1.54, 1.807) is 18.3 Å². The van der Waals surface area contributed by atoms with Crippen molar-refractivity contribution in [2.24, 2.45) is 0 Å². The molecule has 3 rings (SSSR count). The first-order chi connectivity index (χ1) is 11.5. The molecule has 0 saturated heterocycles. The lowest BCUT2D eigenvalue weighted by Crippen LogP contribution is -2.37. The van der Waals surface area contributed by atoms with E-state index in [-0.39, 0.29) is 11.7 Å². The lowest BCUT2D eigenvalue weighted by atomic mass is 9.96. The fourth-order valence-electron chi connectivity index (χ4n) is 2.38. The molecule has 0 spiro atoms. The Morgan fingerprint density at radius 2 is 1.83 bits per heavy atom. The lowest BCUT2D eigenvalue weighted by Gasteiger charge is -2.18. The summed E-state index contributed by atoms with van der Waals surface area (Å²) in [5, 5.41) is 15.1. The Balaban J connectivity index is 1.85. The molecular formula is C17H12I2N2O3. The maximum absolute atomic E-state index is 12.1. The molecule has 0 fully saturated rings. The largest absolute Gasteiger partial charge is 0.507 e. The number of benzene rings is 2. The van der Waals surface area contributed by atoms with Gasteiger partial charge in [0, 0.05) is 27.4 Å². The van der Waals surface area contributed by atoms with Crippen molar-refractivity contribution in [3.63, 3.8) is 0 Å². The standard InChI is InChI=1S/C17H12I2N2O3/c18-10-2-3-11-12(6-10)13(17(24)21-16(11)23)8-20-7-9-1-4-14(19)15(22)5-9/h1-6,8,20,22H,7H2,(H,21,23,24)/b13-8-. The third-order valence-corrected chi connectivity index (χ3v) is 5.13. The van der Waals surface area contributed by atoms with Crippen molar-refractivity contribution in [1.82, 2.24) is 10.6 Å². The number of carbonyl (C=O) groups is 2. The SMILES string of the molecule is O=C1NC(=O)c2ccc(I)cc2/C1=C/NCc1ccc(I)c(O)c1. The Labute approximate surface area is 165 Å². The molecule has 2 aromatic rings. The van der Waals surface area contributed by atoms with Gasteiger partial charge in [-0.05, 0) is 81.1 Å². The van der Waals surface area contributed by atoms with E-state index in [0.717, 1.165) is 12.7 Å². The van der Waals surface area contributed by atoms with Crippen LogP contribution in [0, 0.1) is 7.14 Å². The van der Waals surface area contributed by atoms with Crippen LogP contribution in [0.25, 0.3) is 5.57 Å². The van der Waals surface area contributed by atoms with E-state index in [1.165, 1.54) is 0 Å². The summed E-state index contributed by atoms with van der Waals surface area (Å²) in [6.07, 6.45) is 1.60. The van der Waals surface area contributed by atoms with E-state index < -0.39 is 5.91 Å². The first-order valence-electron chi connectivity index (χ1n) is 7.02. The van der Waals surface area contributed by atoms with Crippen LogP contribution in [-0.4, -0.2) is 16.9 Å². The maximum Gasteiger partial charge on any atom is 0.260 e. The molecule has 7 heteroatoms. The molecule has 0 aromatic heterocycles. The average molecular weight is 546 g/mol. The van der Waals surface area contributed by atoms with E-state index >= 15 is 0 Å². The van der Waals surface area contributed by atoms with Gasteiger partial charge >= 0.3 is 0 Å². The molecule has 2 aromatic carbocycles. The van der Waals surface area contributed by atoms with Crippen LogP contribution in [0.5, 0.6) is 5.75 Å². The Hall–Kier alpha value is -1.62. The van der Waals surface area contributed by atoms with E-state index in [1.807, 2.05) is 24.3 Å². The summed E-state index contributed by atoms with van der Waals surface area (Å²) in [6, 6.07) is 10.8. The van der Waals surface area contributed by atoms with Crippen LogP contribution >= 0.6 is 45.2 Å². The molecule has 5 nitrogen and oxygen atoms in total. The Bertz CT molecular complexity index is 878. The summed E-state index contributed by atoms with van der Waals surface area (Å²) in [4.78, 5) is 24.0. The van der Waals surface area contributed by atoms with Gasteiger partial charge in [0.05, 0.1) is 9.14 Å². The van der Waals surface area contributed by atoms with Crippen LogP contribution in [0.3, 0.4) is 0 Å². The fraction of sp³-hybridized carbons (Fsp3) is 0.0588. The smallest absolute Gasteiger partial charge is 0.260 e. The number of halogens is 2. The van der Waals surface area contributed by atoms with Crippen LogP contribution in [0.4, 0.5) is 0 Å². The van der Waals surface area contributed by atoms with Gasteiger partial charge in [-0.1, -0.05) is 6.07 Å². The highest BCUT2D eigenvalue weighted by molar-refractivity contribution is 14.1. The van der Waals surface area contributed by atoms with E-state index in [4.69, 9.17) is 0 Å². The normalized spacial score (nSPS) is 15.2. The van der Waals surface area contributed by atoms with Crippen LogP contribution in [0.2, 0.25) is 0 Å². The number of phenolic OH excluding ortho intramolecular Hbond substituents is 1. The highest BCUT2D eigenvalue weighted by Crippen LogP contribution is 2.25. The third kappa shape index (κ3) is 3.56. The van der Waals surface area contributed by atoms with Crippen molar-refractivity contribution in [3.05, 3.63) is 66.4 Å². The Kier molecular flexibility index (Phi) is 5.09. The van der Waals surface area contributed by atoms with Gasteiger partial charge in [0.15, 0.2) is 0 Å².